The third-order valence-electron chi connectivity index (χ3n) is 7.13. The van der Waals surface area contributed by atoms with Crippen molar-refractivity contribution in [2.75, 3.05) is 19.8 Å². The fourth-order valence-corrected chi connectivity index (χ4v) is 6.36. The maximum atomic E-state index is 13.4. The normalized spacial score (nSPS) is 33.2. The number of aromatic hydroxyl groups is 1. The number of anilines is 1. The first kappa shape index (κ1) is 26.1. The number of carbonyl (C=O) groups excluding carboxylic acids is 3. The zero-order chi connectivity index (χ0) is 23.9. The smallest absolute Gasteiger partial charge is 0.255 e. The van der Waals surface area contributed by atoms with Crippen LogP contribution >= 0.6 is 46.6 Å². The van der Waals surface area contributed by atoms with Gasteiger partial charge in [-0.2, -0.15) is 0 Å². The molecule has 1 amide bonds. The van der Waals surface area contributed by atoms with Crippen molar-refractivity contribution in [1.29, 1.82) is 0 Å². The molecule has 33 heavy (non-hydrogen) atoms. The average Bonchev–Trinajstić information content (AvgIpc) is 2.68. The number of ketones is 2. The molecule has 0 aromatic heterocycles. The van der Waals surface area contributed by atoms with Gasteiger partial charge in [-0.25, -0.2) is 0 Å². The molecule has 0 aliphatic heterocycles. The standard InChI is InChI=1S/C21H24IN3O7.HI/c1-25(2)14-8-4-6-3-7-5-9(22)13(23)16(27)10(7)15(26)11(6)18(29)21(8,32)19(30)12(17(14)28)20(24)31;/h5-6,8,11,14,18,27-29,32H,3-4,23H2,1-2H3,(H2,24,31);1H/t6?,8?,11?,14-,18+,21?;/m0./s1. The quantitative estimate of drug-likeness (QED) is 0.109. The number of hydrogen-bond donors (Lipinski definition) is 6. The van der Waals surface area contributed by atoms with Gasteiger partial charge in [0.2, 0.25) is 5.78 Å². The second-order valence-electron chi connectivity index (χ2n) is 8.98. The van der Waals surface area contributed by atoms with Gasteiger partial charge in [0.25, 0.3) is 5.91 Å². The van der Waals surface area contributed by atoms with E-state index < -0.39 is 70.1 Å². The van der Waals surface area contributed by atoms with Gasteiger partial charge < -0.3 is 31.9 Å². The van der Waals surface area contributed by atoms with E-state index in [1.54, 1.807) is 20.2 Å². The Morgan fingerprint density at radius 1 is 1.27 bits per heavy atom. The zero-order valence-electron chi connectivity index (χ0n) is 17.8. The summed E-state index contributed by atoms with van der Waals surface area (Å²) in [5.74, 6) is -6.72. The van der Waals surface area contributed by atoms with Crippen molar-refractivity contribution >= 4 is 69.7 Å². The number of phenols is 1. The Morgan fingerprint density at radius 3 is 2.42 bits per heavy atom. The van der Waals surface area contributed by atoms with Crippen LogP contribution in [0.4, 0.5) is 5.69 Å². The highest BCUT2D eigenvalue weighted by molar-refractivity contribution is 14.1. The molecule has 3 aliphatic rings. The van der Waals surface area contributed by atoms with Crippen molar-refractivity contribution in [3.8, 4) is 5.75 Å². The van der Waals surface area contributed by atoms with E-state index in [4.69, 9.17) is 11.5 Å². The maximum Gasteiger partial charge on any atom is 0.255 e. The number of phenolic OH excluding ortho intramolecular Hbond substituents is 1. The van der Waals surface area contributed by atoms with Gasteiger partial charge in [-0.05, 0) is 67.1 Å². The topological polar surface area (TPSA) is 187 Å². The number of Topliss-reactive ketones (excluding diaryl/α,β-unsaturated/α-hetero) is 2. The number of likely N-dealkylation sites (N-methyl/N-ethyl adjacent to an activating group) is 1. The molecule has 8 N–H and O–H groups in total. The van der Waals surface area contributed by atoms with Crippen LogP contribution in [0.2, 0.25) is 0 Å². The van der Waals surface area contributed by atoms with Gasteiger partial charge in [-0.15, -0.1) is 24.0 Å². The highest BCUT2D eigenvalue weighted by Crippen LogP contribution is 2.53. The second kappa shape index (κ2) is 8.62. The van der Waals surface area contributed by atoms with E-state index in [0.29, 0.717) is 15.6 Å². The minimum absolute atomic E-state index is 0. The van der Waals surface area contributed by atoms with Gasteiger partial charge in [-0.1, -0.05) is 0 Å². The summed E-state index contributed by atoms with van der Waals surface area (Å²) in [5.41, 5.74) is 8.43. The molecule has 1 saturated carbocycles. The lowest BCUT2D eigenvalue weighted by atomic mass is 9.53. The third kappa shape index (κ3) is 3.47. The molecule has 1 aromatic carbocycles. The zero-order valence-corrected chi connectivity index (χ0v) is 22.3. The molecular formula is C21H25I2N3O7. The third-order valence-corrected chi connectivity index (χ3v) is 8.03. The van der Waals surface area contributed by atoms with Gasteiger partial charge in [0.1, 0.15) is 17.4 Å². The van der Waals surface area contributed by atoms with Crippen LogP contribution in [0.3, 0.4) is 0 Å². The molecule has 4 rings (SSSR count). The second-order valence-corrected chi connectivity index (χ2v) is 10.1. The lowest BCUT2D eigenvalue weighted by Crippen LogP contribution is -2.71. The van der Waals surface area contributed by atoms with Crippen molar-refractivity contribution in [1.82, 2.24) is 4.90 Å². The van der Waals surface area contributed by atoms with Crippen molar-refractivity contribution < 1.29 is 34.8 Å². The van der Waals surface area contributed by atoms with Crippen LogP contribution in [-0.4, -0.2) is 74.6 Å². The molecule has 0 heterocycles. The Hall–Kier alpha value is -1.49. The fourth-order valence-electron chi connectivity index (χ4n) is 5.73. The Kier molecular flexibility index (Phi) is 6.83. The summed E-state index contributed by atoms with van der Waals surface area (Å²) in [6, 6.07) is 0.719. The molecule has 10 nitrogen and oxygen atoms in total. The van der Waals surface area contributed by atoms with Crippen LogP contribution < -0.4 is 11.5 Å². The summed E-state index contributed by atoms with van der Waals surface area (Å²) < 4.78 is 0.573. The Balaban J connectivity index is 0.00000306. The number of aliphatic hydroxyl groups is 3. The molecule has 4 unspecified atom stereocenters. The molecule has 6 atom stereocenters. The first-order valence-electron chi connectivity index (χ1n) is 10.0. The molecule has 1 aromatic rings. The summed E-state index contributed by atoms with van der Waals surface area (Å²) in [5, 5.41) is 44.0. The molecule has 0 radical (unpaired) electrons. The summed E-state index contributed by atoms with van der Waals surface area (Å²) in [7, 11) is 3.19. The van der Waals surface area contributed by atoms with Crippen LogP contribution in [0.25, 0.3) is 0 Å². The van der Waals surface area contributed by atoms with E-state index in [-0.39, 0.29) is 41.6 Å². The van der Waals surface area contributed by atoms with Crippen LogP contribution in [0.5, 0.6) is 5.75 Å². The van der Waals surface area contributed by atoms with Gasteiger partial charge in [0.05, 0.1) is 23.2 Å². The van der Waals surface area contributed by atoms with Gasteiger partial charge >= 0.3 is 0 Å². The average molecular weight is 685 g/mol. The highest BCUT2D eigenvalue weighted by atomic mass is 127. The Morgan fingerprint density at radius 2 is 1.88 bits per heavy atom. The van der Waals surface area contributed by atoms with Crippen molar-refractivity contribution in [3.63, 3.8) is 0 Å². The minimum atomic E-state index is -2.52. The predicted octanol–water partition coefficient (Wildman–Crippen LogP) is 0.0904. The molecule has 12 heteroatoms. The summed E-state index contributed by atoms with van der Waals surface area (Å²) in [4.78, 5) is 40.1. The highest BCUT2D eigenvalue weighted by Gasteiger charge is 2.66. The molecular weight excluding hydrogens is 660 g/mol. The summed E-state index contributed by atoms with van der Waals surface area (Å²) in [6.45, 7) is 0. The number of halogens is 2. The number of rotatable bonds is 2. The minimum Gasteiger partial charge on any atom is -0.510 e. The van der Waals surface area contributed by atoms with E-state index in [9.17, 15) is 34.8 Å². The van der Waals surface area contributed by atoms with E-state index in [1.165, 1.54) is 4.90 Å². The van der Waals surface area contributed by atoms with Crippen molar-refractivity contribution in [2.24, 2.45) is 23.5 Å². The molecule has 180 valence electrons. The Labute approximate surface area is 220 Å². The number of carbonyl (C=O) groups is 3. The first-order chi connectivity index (χ1) is 14.8. The van der Waals surface area contributed by atoms with E-state index in [1.807, 2.05) is 22.6 Å². The molecule has 3 aliphatic carbocycles. The van der Waals surface area contributed by atoms with Gasteiger partial charge in [0.15, 0.2) is 17.1 Å². The first-order valence-corrected chi connectivity index (χ1v) is 11.1. The van der Waals surface area contributed by atoms with Crippen LogP contribution in [0.15, 0.2) is 17.4 Å². The fraction of sp³-hybridized carbons (Fsp3) is 0.476. The number of fused-ring (bicyclic) bond motifs is 3. The number of hydrogen-bond acceptors (Lipinski definition) is 9. The van der Waals surface area contributed by atoms with Crippen LogP contribution in [0, 0.1) is 21.3 Å². The molecule has 0 bridgehead atoms. The Bertz CT molecular complexity index is 1110. The maximum absolute atomic E-state index is 13.4. The van der Waals surface area contributed by atoms with Crippen LogP contribution in [-0.2, 0) is 16.0 Å². The van der Waals surface area contributed by atoms with Crippen molar-refractivity contribution in [3.05, 3.63) is 32.1 Å². The number of aliphatic hydroxyl groups excluding tert-OH is 2. The number of nitrogens with zero attached hydrogens (tertiary/aromatic N) is 1. The van der Waals surface area contributed by atoms with E-state index >= 15 is 0 Å². The largest absolute Gasteiger partial charge is 0.510 e. The monoisotopic (exact) mass is 685 g/mol. The lowest BCUT2D eigenvalue weighted by molar-refractivity contribution is -0.190. The SMILES string of the molecule is CN(C)[C@@H]1C(O)=C(C(N)=O)C(=O)C2(O)C1CC1Cc3cc(I)c(N)c(O)c3C(=O)C1[C@H]2O.I. The van der Waals surface area contributed by atoms with Gasteiger partial charge in [0, 0.05) is 9.49 Å². The summed E-state index contributed by atoms with van der Waals surface area (Å²) in [6.07, 6.45) is -1.49. The van der Waals surface area contributed by atoms with Crippen molar-refractivity contribution in [2.45, 2.75) is 30.6 Å². The van der Waals surface area contributed by atoms with Crippen LogP contribution in [0.1, 0.15) is 22.3 Å². The number of primary amides is 1. The van der Waals surface area contributed by atoms with E-state index in [0.717, 1.165) is 0 Å². The molecule has 0 spiro atoms. The number of amides is 1. The number of nitrogens with two attached hydrogens (primary N) is 2. The molecule has 0 saturated heterocycles. The number of nitrogen functional groups attached to an aromatic ring is 1. The molecule has 1 fully saturated rings. The summed E-state index contributed by atoms with van der Waals surface area (Å²) >= 11 is 1.95. The predicted molar refractivity (Wildman–Crippen MR) is 136 cm³/mol. The van der Waals surface area contributed by atoms with E-state index in [2.05, 4.69) is 0 Å². The number of benzene rings is 1. The lowest BCUT2D eigenvalue weighted by Gasteiger charge is -2.55. The van der Waals surface area contributed by atoms with Gasteiger partial charge in [-0.3, -0.25) is 19.3 Å².